The quantitative estimate of drug-likeness (QED) is 0.869. The van der Waals surface area contributed by atoms with Crippen LogP contribution in [-0.4, -0.2) is 36.9 Å². The second-order valence-corrected chi connectivity index (χ2v) is 5.59. The molecule has 1 N–H and O–H groups in total. The first kappa shape index (κ1) is 11.8. The van der Waals surface area contributed by atoms with E-state index in [1.165, 1.54) is 19.3 Å². The van der Waals surface area contributed by atoms with Crippen molar-refractivity contribution in [2.75, 3.05) is 31.6 Å². The second kappa shape index (κ2) is 5.59. The van der Waals surface area contributed by atoms with Crippen molar-refractivity contribution in [2.24, 2.45) is 5.92 Å². The molecule has 0 atom stereocenters. The monoisotopic (exact) mass is 240 g/mol. The Bertz CT molecular complexity index is 318. The van der Waals surface area contributed by atoms with Crippen molar-refractivity contribution < 1.29 is 0 Å². The van der Waals surface area contributed by atoms with Crippen LogP contribution in [0.1, 0.15) is 24.3 Å². The molecule has 0 aliphatic carbocycles. The summed E-state index contributed by atoms with van der Waals surface area (Å²) in [5.74, 6) is 0.887. The lowest BCUT2D eigenvalue weighted by atomic mass is 9.94. The molecule has 0 spiro atoms. The normalized spacial score (nSPS) is 18.0. The number of nitrogens with zero attached hydrogens (tertiary/aromatic N) is 3. The molecule has 1 aliphatic heterocycles. The number of rotatable bonds is 4. The zero-order chi connectivity index (χ0) is 11.4. The summed E-state index contributed by atoms with van der Waals surface area (Å²) < 4.78 is 0. The van der Waals surface area contributed by atoms with Crippen LogP contribution in [0.2, 0.25) is 0 Å². The molecule has 2 rings (SSSR count). The van der Waals surface area contributed by atoms with Crippen molar-refractivity contribution >= 4 is 16.5 Å². The van der Waals surface area contributed by atoms with Crippen LogP contribution >= 0.6 is 11.3 Å². The molecule has 16 heavy (non-hydrogen) atoms. The molecular formula is C11H20N4S. The Morgan fingerprint density at radius 3 is 2.69 bits per heavy atom. The minimum atomic E-state index is 0.887. The Labute approximate surface area is 101 Å². The molecule has 0 aromatic carbocycles. The maximum Gasteiger partial charge on any atom is 0.208 e. The topological polar surface area (TPSA) is 41.0 Å². The molecule has 1 aromatic rings. The highest BCUT2D eigenvalue weighted by molar-refractivity contribution is 7.15. The van der Waals surface area contributed by atoms with Gasteiger partial charge in [-0.3, -0.25) is 0 Å². The molecule has 1 aliphatic rings. The number of aromatic nitrogens is 2. The van der Waals surface area contributed by atoms with Gasteiger partial charge in [-0.2, -0.15) is 0 Å². The maximum atomic E-state index is 4.21. The smallest absolute Gasteiger partial charge is 0.208 e. The van der Waals surface area contributed by atoms with Gasteiger partial charge in [0, 0.05) is 13.1 Å². The predicted molar refractivity (Wildman–Crippen MR) is 68.1 cm³/mol. The Morgan fingerprint density at radius 1 is 1.38 bits per heavy atom. The van der Waals surface area contributed by atoms with Crippen LogP contribution in [0.15, 0.2) is 0 Å². The zero-order valence-corrected chi connectivity index (χ0v) is 10.9. The summed E-state index contributed by atoms with van der Waals surface area (Å²) in [4.78, 5) is 2.38. The maximum absolute atomic E-state index is 4.21. The molecule has 1 fully saturated rings. The Hall–Kier alpha value is -0.680. The third kappa shape index (κ3) is 2.92. The standard InChI is InChI=1S/C11H20N4S/c1-9-13-14-11(16-9)15-7-4-10(5-8-15)3-6-12-2/h10,12H,3-8H2,1-2H3. The summed E-state index contributed by atoms with van der Waals surface area (Å²) in [6.07, 6.45) is 3.89. The fraction of sp³-hybridized carbons (Fsp3) is 0.818. The highest BCUT2D eigenvalue weighted by Gasteiger charge is 2.20. The van der Waals surface area contributed by atoms with Gasteiger partial charge in [-0.25, -0.2) is 0 Å². The van der Waals surface area contributed by atoms with Gasteiger partial charge in [-0.05, 0) is 45.7 Å². The van der Waals surface area contributed by atoms with Crippen molar-refractivity contribution in [1.82, 2.24) is 15.5 Å². The molecule has 1 aromatic heterocycles. The van der Waals surface area contributed by atoms with Gasteiger partial charge in [-0.1, -0.05) is 11.3 Å². The number of aryl methyl sites for hydroxylation is 1. The lowest BCUT2D eigenvalue weighted by molar-refractivity contribution is 0.378. The van der Waals surface area contributed by atoms with Crippen molar-refractivity contribution in [3.8, 4) is 0 Å². The van der Waals surface area contributed by atoms with Gasteiger partial charge in [0.2, 0.25) is 5.13 Å². The number of piperidine rings is 1. The summed E-state index contributed by atoms with van der Waals surface area (Å²) in [6.45, 7) is 5.44. The molecule has 90 valence electrons. The van der Waals surface area contributed by atoms with Crippen molar-refractivity contribution in [3.05, 3.63) is 5.01 Å². The molecular weight excluding hydrogens is 220 g/mol. The van der Waals surface area contributed by atoms with Crippen LogP contribution in [0.25, 0.3) is 0 Å². The Balaban J connectivity index is 1.81. The molecule has 5 heteroatoms. The summed E-state index contributed by atoms with van der Waals surface area (Å²) in [5.41, 5.74) is 0. The molecule has 0 bridgehead atoms. The van der Waals surface area contributed by atoms with E-state index in [4.69, 9.17) is 0 Å². The van der Waals surface area contributed by atoms with Crippen LogP contribution in [0, 0.1) is 12.8 Å². The van der Waals surface area contributed by atoms with Gasteiger partial charge in [0.1, 0.15) is 5.01 Å². The van der Waals surface area contributed by atoms with Gasteiger partial charge < -0.3 is 10.2 Å². The van der Waals surface area contributed by atoms with E-state index in [0.29, 0.717) is 0 Å². The van der Waals surface area contributed by atoms with Gasteiger partial charge in [0.15, 0.2) is 0 Å². The number of anilines is 1. The first-order valence-corrected chi connectivity index (χ1v) is 6.81. The number of nitrogens with one attached hydrogen (secondary N) is 1. The number of hydrogen-bond acceptors (Lipinski definition) is 5. The summed E-state index contributed by atoms with van der Waals surface area (Å²) in [7, 11) is 2.03. The van der Waals surface area contributed by atoms with Gasteiger partial charge in [0.05, 0.1) is 0 Å². The lowest BCUT2D eigenvalue weighted by Gasteiger charge is -2.31. The van der Waals surface area contributed by atoms with E-state index in [0.717, 1.165) is 35.7 Å². The summed E-state index contributed by atoms with van der Waals surface area (Å²) in [5, 5.41) is 13.7. The van der Waals surface area contributed by atoms with Crippen molar-refractivity contribution in [2.45, 2.75) is 26.2 Å². The van der Waals surface area contributed by atoms with E-state index in [9.17, 15) is 0 Å². The van der Waals surface area contributed by atoms with Crippen molar-refractivity contribution in [1.29, 1.82) is 0 Å². The molecule has 0 radical (unpaired) electrons. The Morgan fingerprint density at radius 2 is 2.12 bits per heavy atom. The molecule has 2 heterocycles. The SMILES string of the molecule is CNCCC1CCN(c2nnc(C)s2)CC1. The van der Waals surface area contributed by atoms with E-state index < -0.39 is 0 Å². The van der Waals surface area contributed by atoms with Crippen LogP contribution < -0.4 is 10.2 Å². The van der Waals surface area contributed by atoms with Crippen molar-refractivity contribution in [3.63, 3.8) is 0 Å². The largest absolute Gasteiger partial charge is 0.347 e. The van der Waals surface area contributed by atoms with E-state index >= 15 is 0 Å². The molecule has 1 saturated heterocycles. The van der Waals surface area contributed by atoms with Gasteiger partial charge in [0.25, 0.3) is 0 Å². The first-order valence-electron chi connectivity index (χ1n) is 5.99. The average molecular weight is 240 g/mol. The molecule has 0 amide bonds. The van der Waals surface area contributed by atoms with Gasteiger partial charge >= 0.3 is 0 Å². The average Bonchev–Trinajstić information content (AvgIpc) is 2.74. The van der Waals surface area contributed by atoms with E-state index in [1.54, 1.807) is 11.3 Å². The van der Waals surface area contributed by atoms with Crippen LogP contribution in [0.5, 0.6) is 0 Å². The van der Waals surface area contributed by atoms with Crippen LogP contribution in [0.4, 0.5) is 5.13 Å². The fourth-order valence-electron chi connectivity index (χ4n) is 2.18. The first-order chi connectivity index (χ1) is 7.79. The summed E-state index contributed by atoms with van der Waals surface area (Å²) in [6, 6.07) is 0. The predicted octanol–water partition coefficient (Wildman–Crippen LogP) is 1.67. The van der Waals surface area contributed by atoms with Crippen LogP contribution in [-0.2, 0) is 0 Å². The third-order valence-electron chi connectivity index (χ3n) is 3.20. The number of hydrogen-bond donors (Lipinski definition) is 1. The molecule has 0 saturated carbocycles. The molecule has 0 unspecified atom stereocenters. The van der Waals surface area contributed by atoms with Gasteiger partial charge in [-0.15, -0.1) is 10.2 Å². The Kier molecular flexibility index (Phi) is 4.12. The van der Waals surface area contributed by atoms with E-state index in [2.05, 4.69) is 20.4 Å². The fourth-order valence-corrected chi connectivity index (χ4v) is 2.91. The zero-order valence-electron chi connectivity index (χ0n) is 10.1. The third-order valence-corrected chi connectivity index (χ3v) is 4.10. The minimum absolute atomic E-state index is 0.887. The highest BCUT2D eigenvalue weighted by Crippen LogP contribution is 2.26. The van der Waals surface area contributed by atoms with E-state index in [-0.39, 0.29) is 0 Å². The second-order valence-electron chi connectivity index (χ2n) is 4.43. The highest BCUT2D eigenvalue weighted by atomic mass is 32.1. The lowest BCUT2D eigenvalue weighted by Crippen LogP contribution is -2.34. The minimum Gasteiger partial charge on any atom is -0.347 e. The summed E-state index contributed by atoms with van der Waals surface area (Å²) >= 11 is 1.70. The van der Waals surface area contributed by atoms with Crippen LogP contribution in [0.3, 0.4) is 0 Å². The van der Waals surface area contributed by atoms with E-state index in [1.807, 2.05) is 14.0 Å². The molecule has 4 nitrogen and oxygen atoms in total.